The van der Waals surface area contributed by atoms with Gasteiger partial charge in [-0.2, -0.15) is 5.10 Å². The van der Waals surface area contributed by atoms with Crippen LogP contribution in [-0.2, 0) is 4.79 Å². The largest absolute Gasteiger partial charge is 0.506 e. The number of benzene rings is 3. The second kappa shape index (κ2) is 11.3. The number of phenolic OH excluding ortho intramolecular Hbond substituents is 1. The summed E-state index contributed by atoms with van der Waals surface area (Å²) in [5.74, 6) is -1.34. The van der Waals surface area contributed by atoms with Crippen LogP contribution in [0.2, 0.25) is 0 Å². The highest BCUT2D eigenvalue weighted by Gasteiger charge is 2.15. The van der Waals surface area contributed by atoms with Crippen molar-refractivity contribution in [3.8, 4) is 5.75 Å². The topological polar surface area (TPSA) is 134 Å². The van der Waals surface area contributed by atoms with Crippen LogP contribution in [-0.4, -0.2) is 28.1 Å². The molecule has 0 saturated carbocycles. The Morgan fingerprint density at radius 1 is 1.03 bits per heavy atom. The van der Waals surface area contributed by atoms with Crippen molar-refractivity contribution in [3.63, 3.8) is 0 Å². The summed E-state index contributed by atoms with van der Waals surface area (Å²) in [6.45, 7) is 0. The molecule has 0 radical (unpaired) electrons. The lowest BCUT2D eigenvalue weighted by atomic mass is 10.1. The van der Waals surface area contributed by atoms with E-state index >= 15 is 0 Å². The van der Waals surface area contributed by atoms with E-state index in [-0.39, 0.29) is 17.1 Å². The number of hydrazone groups is 1. The summed E-state index contributed by atoms with van der Waals surface area (Å²) >= 11 is 6.52. The van der Waals surface area contributed by atoms with Crippen LogP contribution in [0.5, 0.6) is 5.75 Å². The van der Waals surface area contributed by atoms with Gasteiger partial charge in [-0.1, -0.05) is 34.1 Å². The van der Waals surface area contributed by atoms with Crippen LogP contribution in [0.3, 0.4) is 0 Å². The van der Waals surface area contributed by atoms with Crippen LogP contribution in [0.1, 0.15) is 21.5 Å². The van der Waals surface area contributed by atoms with Crippen molar-refractivity contribution in [2.24, 2.45) is 5.10 Å². The van der Waals surface area contributed by atoms with Gasteiger partial charge in [0.05, 0.1) is 15.6 Å². The monoisotopic (exact) mass is 586 g/mol. The molecule has 0 spiro atoms. The van der Waals surface area contributed by atoms with Gasteiger partial charge in [-0.15, -0.1) is 0 Å². The number of halogens is 2. The molecule has 0 aliphatic heterocycles. The highest BCUT2D eigenvalue weighted by Crippen LogP contribution is 2.30. The first-order valence-corrected chi connectivity index (χ1v) is 11.2. The molecule has 9 nitrogen and oxygen atoms in total. The minimum absolute atomic E-state index is 0.0692. The molecule has 0 saturated heterocycles. The Labute approximate surface area is 210 Å². The Hall–Kier alpha value is -3.83. The minimum atomic E-state index is -0.743. The Bertz CT molecular complexity index is 1290. The van der Waals surface area contributed by atoms with E-state index in [2.05, 4.69) is 47.7 Å². The van der Waals surface area contributed by atoms with Crippen LogP contribution in [0, 0.1) is 10.1 Å². The number of rotatable bonds is 7. The van der Waals surface area contributed by atoms with E-state index in [1.54, 1.807) is 42.5 Å². The summed E-state index contributed by atoms with van der Waals surface area (Å²) in [6, 6.07) is 17.0. The van der Waals surface area contributed by atoms with E-state index in [4.69, 9.17) is 0 Å². The molecule has 0 aliphatic carbocycles. The maximum Gasteiger partial charge on any atom is 0.287 e. The molecule has 3 N–H and O–H groups in total. The van der Waals surface area contributed by atoms with Crippen LogP contribution >= 0.6 is 31.9 Å². The normalized spacial score (nSPS) is 11.3. The van der Waals surface area contributed by atoms with Crippen molar-refractivity contribution in [2.45, 2.75) is 0 Å². The third-order valence-electron chi connectivity index (χ3n) is 4.37. The molecule has 3 aromatic carbocycles. The average molecular weight is 588 g/mol. The molecule has 3 rings (SSSR count). The van der Waals surface area contributed by atoms with Gasteiger partial charge in [0.2, 0.25) is 0 Å². The lowest BCUT2D eigenvalue weighted by Crippen LogP contribution is -2.32. The smallest absolute Gasteiger partial charge is 0.287 e. The minimum Gasteiger partial charge on any atom is -0.506 e. The number of nitro benzene ring substituents is 1. The second-order valence-electron chi connectivity index (χ2n) is 6.75. The zero-order valence-corrected chi connectivity index (χ0v) is 20.4. The number of nitrogens with one attached hydrogen (secondary N) is 2. The van der Waals surface area contributed by atoms with Crippen molar-refractivity contribution < 1.29 is 19.6 Å². The molecule has 0 fully saturated rings. The molecule has 3 aromatic rings. The predicted octanol–water partition coefficient (Wildman–Crippen LogP) is 4.75. The summed E-state index contributed by atoms with van der Waals surface area (Å²) in [5.41, 5.74) is 3.16. The standard InChI is InChI=1S/C23H16Br2N4O5/c24-17-11-16(21(30)19(25)12-17)13-26-28-23(32)20(27-22(31)15-4-2-1-3-5-15)10-14-6-8-18(9-7-14)29(33)34/h1-13,30H,(H,27,31)(H,28,32)/b20-10+,26-13+. The summed E-state index contributed by atoms with van der Waals surface area (Å²) < 4.78 is 1.11. The summed E-state index contributed by atoms with van der Waals surface area (Å²) in [4.78, 5) is 35.7. The van der Waals surface area contributed by atoms with Gasteiger partial charge >= 0.3 is 0 Å². The number of carbonyl (C=O) groups excluding carboxylic acids is 2. The quantitative estimate of drug-likeness (QED) is 0.159. The number of hydrogen-bond donors (Lipinski definition) is 3. The Morgan fingerprint density at radius 2 is 1.71 bits per heavy atom. The molecule has 0 aromatic heterocycles. The maximum absolute atomic E-state index is 12.8. The first-order valence-electron chi connectivity index (χ1n) is 9.58. The molecule has 0 unspecified atom stereocenters. The molecule has 2 amide bonds. The molecule has 34 heavy (non-hydrogen) atoms. The predicted molar refractivity (Wildman–Crippen MR) is 134 cm³/mol. The fraction of sp³-hybridized carbons (Fsp3) is 0. The number of carbonyl (C=O) groups is 2. The van der Waals surface area contributed by atoms with Gasteiger partial charge in [0.15, 0.2) is 0 Å². The fourth-order valence-electron chi connectivity index (χ4n) is 2.71. The van der Waals surface area contributed by atoms with Gasteiger partial charge in [0.1, 0.15) is 11.4 Å². The number of nitro groups is 1. The fourth-order valence-corrected chi connectivity index (χ4v) is 3.96. The van der Waals surface area contributed by atoms with E-state index in [0.717, 1.165) is 0 Å². The molecule has 0 aliphatic rings. The van der Waals surface area contributed by atoms with Crippen LogP contribution < -0.4 is 10.7 Å². The van der Waals surface area contributed by atoms with Crippen molar-refractivity contribution in [1.29, 1.82) is 0 Å². The van der Waals surface area contributed by atoms with Gasteiger partial charge in [-0.3, -0.25) is 19.7 Å². The van der Waals surface area contributed by atoms with Crippen LogP contribution in [0.4, 0.5) is 5.69 Å². The third-order valence-corrected chi connectivity index (χ3v) is 5.43. The van der Waals surface area contributed by atoms with Gasteiger partial charge in [0, 0.05) is 27.7 Å². The van der Waals surface area contributed by atoms with E-state index in [9.17, 15) is 24.8 Å². The summed E-state index contributed by atoms with van der Waals surface area (Å²) in [6.07, 6.45) is 2.61. The molecule has 172 valence electrons. The lowest BCUT2D eigenvalue weighted by Gasteiger charge is -2.09. The lowest BCUT2D eigenvalue weighted by molar-refractivity contribution is -0.384. The summed E-state index contributed by atoms with van der Waals surface area (Å²) in [5, 5.41) is 27.4. The van der Waals surface area contributed by atoms with Crippen LogP contribution in [0.25, 0.3) is 6.08 Å². The maximum atomic E-state index is 12.8. The van der Waals surface area contributed by atoms with Crippen molar-refractivity contribution in [3.05, 3.63) is 108 Å². The average Bonchev–Trinajstić information content (AvgIpc) is 2.82. The van der Waals surface area contributed by atoms with Gasteiger partial charge in [0.25, 0.3) is 17.5 Å². The number of hydrogen-bond acceptors (Lipinski definition) is 6. The highest BCUT2D eigenvalue weighted by molar-refractivity contribution is 9.11. The molecule has 0 heterocycles. The van der Waals surface area contributed by atoms with Gasteiger partial charge in [-0.05, 0) is 64.0 Å². The van der Waals surface area contributed by atoms with E-state index in [0.29, 0.717) is 25.6 Å². The molecule has 0 atom stereocenters. The second-order valence-corrected chi connectivity index (χ2v) is 8.52. The van der Waals surface area contributed by atoms with Crippen LogP contribution in [0.15, 0.2) is 86.5 Å². The van der Waals surface area contributed by atoms with Crippen molar-refractivity contribution in [1.82, 2.24) is 10.7 Å². The van der Waals surface area contributed by atoms with Crippen molar-refractivity contribution >= 4 is 61.7 Å². The van der Waals surface area contributed by atoms with Crippen molar-refractivity contribution in [2.75, 3.05) is 0 Å². The SMILES string of the molecule is O=C(N/N=C/c1cc(Br)cc(Br)c1O)/C(=C\c1ccc([N+](=O)[O-])cc1)NC(=O)c1ccccc1. The van der Waals surface area contributed by atoms with E-state index < -0.39 is 16.7 Å². The Kier molecular flexibility index (Phi) is 8.28. The van der Waals surface area contributed by atoms with Gasteiger partial charge in [-0.25, -0.2) is 5.43 Å². The first kappa shape index (κ1) is 24.8. The number of amides is 2. The zero-order chi connectivity index (χ0) is 24.7. The van der Waals surface area contributed by atoms with E-state index in [1.165, 1.54) is 36.6 Å². The highest BCUT2D eigenvalue weighted by atomic mass is 79.9. The number of non-ortho nitro benzene ring substituents is 1. The molecular weight excluding hydrogens is 572 g/mol. The Balaban J connectivity index is 1.85. The molecule has 11 heteroatoms. The van der Waals surface area contributed by atoms with E-state index in [1.807, 2.05) is 0 Å². The summed E-state index contributed by atoms with van der Waals surface area (Å²) in [7, 11) is 0. The number of nitrogens with zero attached hydrogens (tertiary/aromatic N) is 2. The molecular formula is C23H16Br2N4O5. The number of phenols is 1. The zero-order valence-electron chi connectivity index (χ0n) is 17.2. The van der Waals surface area contributed by atoms with Gasteiger partial charge < -0.3 is 10.4 Å². The first-order chi connectivity index (χ1) is 16.2. The number of aromatic hydroxyl groups is 1. The Morgan fingerprint density at radius 3 is 2.35 bits per heavy atom. The third kappa shape index (κ3) is 6.59. The molecule has 0 bridgehead atoms.